The monoisotopic (exact) mass is 243 g/mol. The van der Waals surface area contributed by atoms with Crippen LogP contribution in [0.15, 0.2) is 42.7 Å². The number of hydrogen-bond donors (Lipinski definition) is 1. The van der Waals surface area contributed by atoms with Gasteiger partial charge in [-0.2, -0.15) is 5.10 Å². The minimum absolute atomic E-state index is 0.499. The number of aromatic nitrogens is 2. The summed E-state index contributed by atoms with van der Waals surface area (Å²) >= 11 is 0. The first-order valence-electron chi connectivity index (χ1n) is 6.64. The van der Waals surface area contributed by atoms with Gasteiger partial charge in [-0.25, -0.2) is 0 Å². The molecule has 1 aromatic carbocycles. The Labute approximate surface area is 109 Å². The Morgan fingerprint density at radius 1 is 1.17 bits per heavy atom. The third-order valence-electron chi connectivity index (χ3n) is 3.13. The molecule has 18 heavy (non-hydrogen) atoms. The molecule has 0 fully saturated rings. The fourth-order valence-corrected chi connectivity index (χ4v) is 2.10. The fraction of sp³-hybridized carbons (Fsp3) is 0.400. The molecule has 0 saturated heterocycles. The van der Waals surface area contributed by atoms with Gasteiger partial charge in [-0.3, -0.25) is 4.68 Å². The summed E-state index contributed by atoms with van der Waals surface area (Å²) in [6.45, 7) is 6.28. The van der Waals surface area contributed by atoms with Crippen LogP contribution in [0.3, 0.4) is 0 Å². The van der Waals surface area contributed by atoms with Gasteiger partial charge < -0.3 is 5.32 Å². The first-order chi connectivity index (χ1) is 8.83. The van der Waals surface area contributed by atoms with E-state index >= 15 is 0 Å². The maximum Gasteiger partial charge on any atom is 0.0568 e. The largest absolute Gasteiger partial charge is 0.312 e. The third kappa shape index (κ3) is 3.20. The van der Waals surface area contributed by atoms with E-state index in [0.717, 1.165) is 19.5 Å². The van der Waals surface area contributed by atoms with Gasteiger partial charge >= 0.3 is 0 Å². The van der Waals surface area contributed by atoms with Crippen molar-refractivity contribution in [1.82, 2.24) is 15.1 Å². The molecule has 3 heteroatoms. The maximum absolute atomic E-state index is 4.44. The zero-order chi connectivity index (χ0) is 12.8. The predicted octanol–water partition coefficient (Wildman–Crippen LogP) is 2.94. The lowest BCUT2D eigenvalue weighted by Crippen LogP contribution is -2.32. The Morgan fingerprint density at radius 3 is 2.61 bits per heavy atom. The summed E-state index contributed by atoms with van der Waals surface area (Å²) in [4.78, 5) is 0. The molecule has 0 aliphatic carbocycles. The van der Waals surface area contributed by atoms with Crippen LogP contribution in [-0.4, -0.2) is 22.4 Å². The van der Waals surface area contributed by atoms with E-state index in [0.29, 0.717) is 6.04 Å². The smallest absolute Gasteiger partial charge is 0.0568 e. The van der Waals surface area contributed by atoms with Crippen molar-refractivity contribution in [2.45, 2.75) is 32.9 Å². The topological polar surface area (TPSA) is 29.9 Å². The highest BCUT2D eigenvalue weighted by Crippen LogP contribution is 2.17. The van der Waals surface area contributed by atoms with Crippen molar-refractivity contribution in [3.05, 3.63) is 42.7 Å². The Kier molecular flexibility index (Phi) is 4.53. The Bertz CT molecular complexity index is 462. The van der Waals surface area contributed by atoms with Crippen molar-refractivity contribution in [2.24, 2.45) is 0 Å². The van der Waals surface area contributed by atoms with E-state index in [-0.39, 0.29) is 0 Å². The maximum atomic E-state index is 4.44. The normalized spacial score (nSPS) is 12.6. The van der Waals surface area contributed by atoms with Crippen LogP contribution in [0.5, 0.6) is 0 Å². The van der Waals surface area contributed by atoms with Crippen molar-refractivity contribution in [3.8, 4) is 11.1 Å². The molecule has 0 aliphatic heterocycles. The van der Waals surface area contributed by atoms with Crippen LogP contribution in [0.2, 0.25) is 0 Å². The van der Waals surface area contributed by atoms with Crippen molar-refractivity contribution < 1.29 is 0 Å². The SMILES string of the molecule is CCNC(CC)Cn1cc(-c2ccccc2)cn1. The van der Waals surface area contributed by atoms with Gasteiger partial charge in [0.2, 0.25) is 0 Å². The van der Waals surface area contributed by atoms with Gasteiger partial charge in [0.25, 0.3) is 0 Å². The molecule has 0 spiro atoms. The quantitative estimate of drug-likeness (QED) is 0.845. The van der Waals surface area contributed by atoms with Gasteiger partial charge in [-0.05, 0) is 18.5 Å². The molecule has 96 valence electrons. The van der Waals surface area contributed by atoms with Crippen LogP contribution in [0.1, 0.15) is 20.3 Å². The first kappa shape index (κ1) is 12.8. The van der Waals surface area contributed by atoms with Gasteiger partial charge in [-0.15, -0.1) is 0 Å². The minimum Gasteiger partial charge on any atom is -0.312 e. The molecular weight excluding hydrogens is 222 g/mol. The van der Waals surface area contributed by atoms with Gasteiger partial charge in [0.1, 0.15) is 0 Å². The highest BCUT2D eigenvalue weighted by Gasteiger charge is 2.07. The molecule has 0 radical (unpaired) electrons. The summed E-state index contributed by atoms with van der Waals surface area (Å²) in [6, 6.07) is 10.9. The van der Waals surface area contributed by atoms with Crippen LogP contribution in [0.4, 0.5) is 0 Å². The molecular formula is C15H21N3. The van der Waals surface area contributed by atoms with Crippen LogP contribution >= 0.6 is 0 Å². The zero-order valence-corrected chi connectivity index (χ0v) is 11.1. The summed E-state index contributed by atoms with van der Waals surface area (Å²) in [6.07, 6.45) is 5.18. The average molecular weight is 243 g/mol. The molecule has 1 heterocycles. The lowest BCUT2D eigenvalue weighted by Gasteiger charge is -2.15. The molecule has 2 rings (SSSR count). The molecule has 3 nitrogen and oxygen atoms in total. The van der Waals surface area contributed by atoms with E-state index in [1.807, 2.05) is 16.9 Å². The van der Waals surface area contributed by atoms with Crippen molar-refractivity contribution >= 4 is 0 Å². The lowest BCUT2D eigenvalue weighted by atomic mass is 10.1. The van der Waals surface area contributed by atoms with Gasteiger partial charge in [0.15, 0.2) is 0 Å². The third-order valence-corrected chi connectivity index (χ3v) is 3.13. The lowest BCUT2D eigenvalue weighted by molar-refractivity contribution is 0.424. The summed E-state index contributed by atoms with van der Waals surface area (Å²) in [5, 5.41) is 7.91. The predicted molar refractivity (Wildman–Crippen MR) is 75.4 cm³/mol. The number of likely N-dealkylation sites (N-methyl/N-ethyl adjacent to an activating group) is 1. The molecule has 1 unspecified atom stereocenters. The second-order valence-electron chi connectivity index (χ2n) is 4.48. The van der Waals surface area contributed by atoms with E-state index in [1.165, 1.54) is 11.1 Å². The molecule has 0 amide bonds. The fourth-order valence-electron chi connectivity index (χ4n) is 2.10. The van der Waals surface area contributed by atoms with E-state index < -0.39 is 0 Å². The van der Waals surface area contributed by atoms with Gasteiger partial charge in [0.05, 0.1) is 12.7 Å². The van der Waals surface area contributed by atoms with E-state index in [1.54, 1.807) is 0 Å². The standard InChI is InChI=1S/C15H21N3/c1-3-15(16-4-2)12-18-11-14(10-17-18)13-8-6-5-7-9-13/h5-11,15-16H,3-4,12H2,1-2H3. The summed E-state index contributed by atoms with van der Waals surface area (Å²) < 4.78 is 2.03. The zero-order valence-electron chi connectivity index (χ0n) is 11.1. The minimum atomic E-state index is 0.499. The molecule has 0 bridgehead atoms. The second kappa shape index (κ2) is 6.36. The van der Waals surface area contributed by atoms with Crippen LogP contribution in [0, 0.1) is 0 Å². The summed E-state index contributed by atoms with van der Waals surface area (Å²) in [7, 11) is 0. The Morgan fingerprint density at radius 2 is 1.94 bits per heavy atom. The first-order valence-corrected chi connectivity index (χ1v) is 6.64. The molecule has 1 aromatic heterocycles. The van der Waals surface area contributed by atoms with Gasteiger partial charge in [-0.1, -0.05) is 44.2 Å². The number of nitrogens with one attached hydrogen (secondary N) is 1. The molecule has 0 aliphatic rings. The van der Waals surface area contributed by atoms with Crippen LogP contribution in [0.25, 0.3) is 11.1 Å². The second-order valence-corrected chi connectivity index (χ2v) is 4.48. The summed E-state index contributed by atoms with van der Waals surface area (Å²) in [5.41, 5.74) is 2.40. The average Bonchev–Trinajstić information content (AvgIpc) is 2.88. The van der Waals surface area contributed by atoms with E-state index in [2.05, 4.69) is 54.7 Å². The van der Waals surface area contributed by atoms with E-state index in [9.17, 15) is 0 Å². The number of benzene rings is 1. The van der Waals surface area contributed by atoms with Crippen molar-refractivity contribution in [3.63, 3.8) is 0 Å². The Hall–Kier alpha value is -1.61. The van der Waals surface area contributed by atoms with Crippen LogP contribution < -0.4 is 5.32 Å². The van der Waals surface area contributed by atoms with Crippen LogP contribution in [-0.2, 0) is 6.54 Å². The molecule has 2 aromatic rings. The van der Waals surface area contributed by atoms with Crippen molar-refractivity contribution in [2.75, 3.05) is 6.54 Å². The van der Waals surface area contributed by atoms with E-state index in [4.69, 9.17) is 0 Å². The molecule has 1 atom stereocenters. The van der Waals surface area contributed by atoms with Crippen molar-refractivity contribution in [1.29, 1.82) is 0 Å². The number of rotatable bonds is 6. The summed E-state index contributed by atoms with van der Waals surface area (Å²) in [5.74, 6) is 0. The molecule has 1 N–H and O–H groups in total. The number of hydrogen-bond acceptors (Lipinski definition) is 2. The molecule has 0 saturated carbocycles. The Balaban J connectivity index is 2.06. The highest BCUT2D eigenvalue weighted by molar-refractivity contribution is 5.61. The highest BCUT2D eigenvalue weighted by atomic mass is 15.3. The van der Waals surface area contributed by atoms with Gasteiger partial charge in [0, 0.05) is 17.8 Å². The number of nitrogens with zero attached hydrogens (tertiary/aromatic N) is 2.